The number of aryl methyl sites for hydroxylation is 1. The summed E-state index contributed by atoms with van der Waals surface area (Å²) < 4.78 is 2.19. The molecule has 0 aromatic carbocycles. The molecule has 1 saturated heterocycles. The van der Waals surface area contributed by atoms with Crippen molar-refractivity contribution in [3.05, 3.63) is 30.0 Å². The summed E-state index contributed by atoms with van der Waals surface area (Å²) in [7, 11) is 0. The average molecular weight is 355 g/mol. The van der Waals surface area contributed by atoms with E-state index in [-0.39, 0.29) is 6.03 Å². The Morgan fingerprint density at radius 1 is 1.12 bits per heavy atom. The molecule has 4 rings (SSSR count). The molecule has 8 heteroatoms. The Balaban J connectivity index is 1.31. The highest BCUT2D eigenvalue weighted by Crippen LogP contribution is 2.25. The summed E-state index contributed by atoms with van der Waals surface area (Å²) in [6.07, 6.45) is 8.16. The number of hydrogen-bond acceptors (Lipinski definition) is 5. The quantitative estimate of drug-likeness (QED) is 0.856. The summed E-state index contributed by atoms with van der Waals surface area (Å²) in [6.45, 7) is 3.50. The van der Waals surface area contributed by atoms with E-state index in [0.29, 0.717) is 13.0 Å². The number of nitrogens with one attached hydrogen (secondary N) is 2. The summed E-state index contributed by atoms with van der Waals surface area (Å²) in [5.74, 6) is 2.88. The molecule has 138 valence electrons. The molecule has 2 aliphatic rings. The molecule has 0 saturated carbocycles. The van der Waals surface area contributed by atoms with Crippen LogP contribution in [-0.4, -0.2) is 45.4 Å². The Morgan fingerprint density at radius 2 is 1.96 bits per heavy atom. The molecule has 2 N–H and O–H groups in total. The first kappa shape index (κ1) is 16.8. The molecule has 2 amide bonds. The Bertz CT molecular complexity index is 767. The van der Waals surface area contributed by atoms with Crippen LogP contribution in [0.25, 0.3) is 0 Å². The normalized spacial score (nSPS) is 16.4. The second-order valence-corrected chi connectivity index (χ2v) is 6.84. The van der Waals surface area contributed by atoms with Crippen LogP contribution in [0.1, 0.15) is 37.3 Å². The SMILES string of the molecule is O=C(NCCc1nnc2n1CCCC2)Nc1cccnc1N1CCCC1. The van der Waals surface area contributed by atoms with Crippen molar-refractivity contribution in [3.8, 4) is 0 Å². The van der Waals surface area contributed by atoms with E-state index in [4.69, 9.17) is 0 Å². The highest BCUT2D eigenvalue weighted by atomic mass is 16.2. The van der Waals surface area contributed by atoms with Gasteiger partial charge in [0.15, 0.2) is 5.82 Å². The van der Waals surface area contributed by atoms with E-state index >= 15 is 0 Å². The van der Waals surface area contributed by atoms with E-state index in [2.05, 4.69) is 35.3 Å². The molecule has 0 aliphatic carbocycles. The van der Waals surface area contributed by atoms with Gasteiger partial charge in [0.1, 0.15) is 11.6 Å². The molecule has 4 heterocycles. The molecule has 0 bridgehead atoms. The molecule has 0 spiro atoms. The zero-order valence-electron chi connectivity index (χ0n) is 14.9. The van der Waals surface area contributed by atoms with Gasteiger partial charge in [0.05, 0.1) is 5.69 Å². The smallest absolute Gasteiger partial charge is 0.319 e. The number of carbonyl (C=O) groups is 1. The van der Waals surface area contributed by atoms with Crippen LogP contribution in [0.5, 0.6) is 0 Å². The summed E-state index contributed by atoms with van der Waals surface area (Å²) in [5.41, 5.74) is 0.756. The van der Waals surface area contributed by atoms with Crippen molar-refractivity contribution in [2.45, 2.75) is 45.1 Å². The number of anilines is 2. The number of urea groups is 1. The maximum absolute atomic E-state index is 12.3. The van der Waals surface area contributed by atoms with Crippen LogP contribution in [0.4, 0.5) is 16.3 Å². The minimum Gasteiger partial charge on any atom is -0.355 e. The molecular formula is C18H25N7O. The first-order valence-electron chi connectivity index (χ1n) is 9.47. The van der Waals surface area contributed by atoms with Gasteiger partial charge in [0, 0.05) is 45.2 Å². The second-order valence-electron chi connectivity index (χ2n) is 6.84. The molecule has 8 nitrogen and oxygen atoms in total. The van der Waals surface area contributed by atoms with Gasteiger partial charge in [-0.1, -0.05) is 0 Å². The Hall–Kier alpha value is -2.64. The highest BCUT2D eigenvalue weighted by molar-refractivity contribution is 5.92. The maximum Gasteiger partial charge on any atom is 0.319 e. The highest BCUT2D eigenvalue weighted by Gasteiger charge is 2.18. The molecule has 0 unspecified atom stereocenters. The number of hydrogen-bond donors (Lipinski definition) is 2. The van der Waals surface area contributed by atoms with Crippen LogP contribution in [0.3, 0.4) is 0 Å². The van der Waals surface area contributed by atoms with Crippen LogP contribution < -0.4 is 15.5 Å². The summed E-state index contributed by atoms with van der Waals surface area (Å²) in [6, 6.07) is 3.53. The van der Waals surface area contributed by atoms with Crippen molar-refractivity contribution in [1.82, 2.24) is 25.1 Å². The minimum absolute atomic E-state index is 0.211. The van der Waals surface area contributed by atoms with Crippen LogP contribution >= 0.6 is 0 Å². The van der Waals surface area contributed by atoms with Crippen molar-refractivity contribution in [2.24, 2.45) is 0 Å². The van der Waals surface area contributed by atoms with E-state index in [1.807, 2.05) is 12.1 Å². The number of fused-ring (bicyclic) bond motifs is 1. The summed E-state index contributed by atoms with van der Waals surface area (Å²) >= 11 is 0. The van der Waals surface area contributed by atoms with Crippen LogP contribution in [-0.2, 0) is 19.4 Å². The van der Waals surface area contributed by atoms with E-state index in [0.717, 1.165) is 49.2 Å². The zero-order chi connectivity index (χ0) is 17.8. The molecule has 26 heavy (non-hydrogen) atoms. The second kappa shape index (κ2) is 7.72. The fraction of sp³-hybridized carbons (Fsp3) is 0.556. The van der Waals surface area contributed by atoms with Gasteiger partial charge in [-0.2, -0.15) is 0 Å². The van der Waals surface area contributed by atoms with Gasteiger partial charge in [-0.15, -0.1) is 10.2 Å². The topological polar surface area (TPSA) is 88.0 Å². The lowest BCUT2D eigenvalue weighted by molar-refractivity contribution is 0.252. The molecule has 0 radical (unpaired) electrons. The third-order valence-electron chi connectivity index (χ3n) is 5.01. The molecular weight excluding hydrogens is 330 g/mol. The first-order chi connectivity index (χ1) is 12.8. The third kappa shape index (κ3) is 3.63. The predicted octanol–water partition coefficient (Wildman–Crippen LogP) is 1.97. The van der Waals surface area contributed by atoms with E-state index in [1.54, 1.807) is 6.20 Å². The first-order valence-corrected chi connectivity index (χ1v) is 9.47. The summed E-state index contributed by atoms with van der Waals surface area (Å²) in [4.78, 5) is 19.0. The van der Waals surface area contributed by atoms with E-state index in [9.17, 15) is 4.79 Å². The minimum atomic E-state index is -0.211. The van der Waals surface area contributed by atoms with Gasteiger partial charge >= 0.3 is 6.03 Å². The average Bonchev–Trinajstić information content (AvgIpc) is 3.33. The van der Waals surface area contributed by atoms with Gasteiger partial charge in [0.25, 0.3) is 0 Å². The van der Waals surface area contributed by atoms with Crippen molar-refractivity contribution >= 4 is 17.5 Å². The van der Waals surface area contributed by atoms with Crippen molar-refractivity contribution in [2.75, 3.05) is 29.9 Å². The van der Waals surface area contributed by atoms with E-state index in [1.165, 1.54) is 25.7 Å². The lowest BCUT2D eigenvalue weighted by Gasteiger charge is -2.20. The van der Waals surface area contributed by atoms with Gasteiger partial charge < -0.3 is 20.1 Å². The molecule has 1 fully saturated rings. The van der Waals surface area contributed by atoms with Crippen LogP contribution in [0.15, 0.2) is 18.3 Å². The number of nitrogens with zero attached hydrogens (tertiary/aromatic N) is 5. The van der Waals surface area contributed by atoms with Gasteiger partial charge in [-0.05, 0) is 37.8 Å². The molecule has 2 aromatic heterocycles. The number of aromatic nitrogens is 4. The monoisotopic (exact) mass is 355 g/mol. The van der Waals surface area contributed by atoms with Crippen LogP contribution in [0, 0.1) is 0 Å². The zero-order valence-corrected chi connectivity index (χ0v) is 14.9. The fourth-order valence-electron chi connectivity index (χ4n) is 3.68. The van der Waals surface area contributed by atoms with E-state index < -0.39 is 0 Å². The largest absolute Gasteiger partial charge is 0.355 e. The van der Waals surface area contributed by atoms with Crippen LogP contribution in [0.2, 0.25) is 0 Å². The number of rotatable bonds is 5. The van der Waals surface area contributed by atoms with Gasteiger partial charge in [-0.3, -0.25) is 0 Å². The molecule has 2 aliphatic heterocycles. The fourth-order valence-corrected chi connectivity index (χ4v) is 3.68. The maximum atomic E-state index is 12.3. The van der Waals surface area contributed by atoms with Gasteiger partial charge in [0.2, 0.25) is 0 Å². The lowest BCUT2D eigenvalue weighted by Crippen LogP contribution is -2.32. The Kier molecular flexibility index (Phi) is 4.99. The van der Waals surface area contributed by atoms with Gasteiger partial charge in [-0.25, -0.2) is 9.78 Å². The number of carbonyl (C=O) groups excluding carboxylic acids is 1. The molecule has 0 atom stereocenters. The Morgan fingerprint density at radius 3 is 2.85 bits per heavy atom. The third-order valence-corrected chi connectivity index (χ3v) is 5.01. The lowest BCUT2D eigenvalue weighted by atomic mass is 10.1. The number of pyridine rings is 1. The van der Waals surface area contributed by atoms with Crippen molar-refractivity contribution in [1.29, 1.82) is 0 Å². The number of amides is 2. The van der Waals surface area contributed by atoms with Crippen molar-refractivity contribution < 1.29 is 4.79 Å². The predicted molar refractivity (Wildman–Crippen MR) is 99.4 cm³/mol. The summed E-state index contributed by atoms with van der Waals surface area (Å²) in [5, 5.41) is 14.4. The molecule has 2 aromatic rings. The Labute approximate surface area is 153 Å². The standard InChI is InChI=1S/C18H25N7O/c26-18(20-10-8-16-23-22-15-7-1-2-13-25(15)16)21-14-6-5-9-19-17(14)24-11-3-4-12-24/h5-6,9H,1-4,7-8,10-13H2,(H2,20,21,26). The van der Waals surface area contributed by atoms with Crippen molar-refractivity contribution in [3.63, 3.8) is 0 Å².